The molecule has 0 radical (unpaired) electrons. The largest absolute Gasteiger partial charge is 0.310 e. The van der Waals surface area contributed by atoms with Crippen molar-refractivity contribution in [3.8, 4) is 10.6 Å². The van der Waals surface area contributed by atoms with Gasteiger partial charge >= 0.3 is 0 Å². The Morgan fingerprint density at radius 2 is 2.05 bits per heavy atom. The molecule has 2 rings (SSSR count). The van der Waals surface area contributed by atoms with Crippen LogP contribution in [0.1, 0.15) is 56.9 Å². The number of rotatable bonds is 4. The minimum atomic E-state index is 0.0175. The summed E-state index contributed by atoms with van der Waals surface area (Å²) in [4.78, 5) is 6.11. The second-order valence-electron chi connectivity index (χ2n) is 6.56. The highest BCUT2D eigenvalue weighted by molar-refractivity contribution is 7.15. The second kappa shape index (κ2) is 5.89. The molecule has 0 amide bonds. The predicted octanol–water partition coefficient (Wildman–Crippen LogP) is 3.82. The van der Waals surface area contributed by atoms with Crippen LogP contribution in [0, 0.1) is 6.92 Å². The molecule has 4 nitrogen and oxygen atoms in total. The fourth-order valence-electron chi connectivity index (χ4n) is 2.52. The van der Waals surface area contributed by atoms with Gasteiger partial charge in [0, 0.05) is 29.6 Å². The number of hydrogen-bond donors (Lipinski definition) is 1. The zero-order valence-electron chi connectivity index (χ0n) is 14.1. The van der Waals surface area contributed by atoms with Gasteiger partial charge in [0.1, 0.15) is 5.01 Å². The molecule has 0 aliphatic carbocycles. The fourth-order valence-corrected chi connectivity index (χ4v) is 3.63. The van der Waals surface area contributed by atoms with Gasteiger partial charge in [0.25, 0.3) is 0 Å². The van der Waals surface area contributed by atoms with Gasteiger partial charge in [0.05, 0.1) is 17.0 Å². The van der Waals surface area contributed by atoms with Crippen molar-refractivity contribution in [2.24, 2.45) is 7.05 Å². The first-order chi connectivity index (χ1) is 9.74. The van der Waals surface area contributed by atoms with Crippen molar-refractivity contribution in [1.82, 2.24) is 20.1 Å². The van der Waals surface area contributed by atoms with Gasteiger partial charge in [-0.15, -0.1) is 11.3 Å². The summed E-state index contributed by atoms with van der Waals surface area (Å²) in [5.41, 5.74) is 3.41. The van der Waals surface area contributed by atoms with Crippen molar-refractivity contribution < 1.29 is 0 Å². The Balaban J connectivity index is 2.47. The second-order valence-corrected chi connectivity index (χ2v) is 7.59. The minimum absolute atomic E-state index is 0.0175. The molecule has 0 aliphatic rings. The lowest BCUT2D eigenvalue weighted by molar-refractivity contribution is 0.554. The highest BCUT2D eigenvalue weighted by atomic mass is 32.1. The van der Waals surface area contributed by atoms with Crippen LogP contribution in [0.2, 0.25) is 0 Å². The van der Waals surface area contributed by atoms with E-state index in [4.69, 9.17) is 4.98 Å². The van der Waals surface area contributed by atoms with Crippen molar-refractivity contribution in [2.45, 2.75) is 53.0 Å². The molecule has 1 unspecified atom stereocenters. The highest BCUT2D eigenvalue weighted by Gasteiger charge is 2.25. The fraction of sp³-hybridized carbons (Fsp3) is 0.625. The predicted molar refractivity (Wildman–Crippen MR) is 89.8 cm³/mol. The summed E-state index contributed by atoms with van der Waals surface area (Å²) in [5, 5.41) is 9.19. The lowest BCUT2D eigenvalue weighted by Gasteiger charge is -2.16. The molecular weight excluding hydrogens is 280 g/mol. The average molecular weight is 306 g/mol. The Bertz CT molecular complexity index is 619. The topological polar surface area (TPSA) is 42.7 Å². The number of thiazole rings is 1. The maximum absolute atomic E-state index is 4.80. The molecule has 2 heterocycles. The van der Waals surface area contributed by atoms with Crippen LogP contribution in [-0.2, 0) is 12.5 Å². The zero-order chi connectivity index (χ0) is 15.8. The summed E-state index contributed by atoms with van der Waals surface area (Å²) in [5.74, 6) is 0. The molecule has 0 bridgehead atoms. The first-order valence-electron chi connectivity index (χ1n) is 7.49. The van der Waals surface area contributed by atoms with E-state index in [0.717, 1.165) is 28.5 Å². The van der Waals surface area contributed by atoms with Crippen LogP contribution in [-0.4, -0.2) is 21.3 Å². The molecule has 1 N–H and O–H groups in total. The van der Waals surface area contributed by atoms with E-state index in [0.29, 0.717) is 6.04 Å². The van der Waals surface area contributed by atoms with Crippen LogP contribution < -0.4 is 5.32 Å². The summed E-state index contributed by atoms with van der Waals surface area (Å²) >= 11 is 1.78. The van der Waals surface area contributed by atoms with E-state index in [1.54, 1.807) is 11.3 Å². The molecule has 21 heavy (non-hydrogen) atoms. The van der Waals surface area contributed by atoms with E-state index in [-0.39, 0.29) is 5.41 Å². The van der Waals surface area contributed by atoms with Crippen LogP contribution in [0.3, 0.4) is 0 Å². The van der Waals surface area contributed by atoms with E-state index in [2.05, 4.69) is 58.2 Å². The van der Waals surface area contributed by atoms with Crippen molar-refractivity contribution in [3.63, 3.8) is 0 Å². The zero-order valence-corrected chi connectivity index (χ0v) is 14.9. The number of nitrogens with zero attached hydrogens (tertiary/aromatic N) is 3. The smallest absolute Gasteiger partial charge is 0.127 e. The summed E-state index contributed by atoms with van der Waals surface area (Å²) in [6.07, 6.45) is 2.08. The quantitative estimate of drug-likeness (QED) is 0.933. The Kier molecular flexibility index (Phi) is 4.54. The van der Waals surface area contributed by atoms with Crippen LogP contribution >= 0.6 is 11.3 Å². The Morgan fingerprint density at radius 3 is 2.62 bits per heavy atom. The van der Waals surface area contributed by atoms with Gasteiger partial charge in [-0.1, -0.05) is 27.7 Å². The molecule has 0 saturated heterocycles. The third-order valence-corrected chi connectivity index (χ3v) is 4.88. The van der Waals surface area contributed by atoms with Gasteiger partial charge in [0.15, 0.2) is 0 Å². The van der Waals surface area contributed by atoms with E-state index in [9.17, 15) is 0 Å². The molecule has 0 saturated carbocycles. The molecule has 2 aromatic rings. The molecule has 5 heteroatoms. The Morgan fingerprint density at radius 1 is 1.38 bits per heavy atom. The van der Waals surface area contributed by atoms with Crippen molar-refractivity contribution in [2.75, 3.05) is 6.54 Å². The number of hydrogen-bond acceptors (Lipinski definition) is 4. The lowest BCUT2D eigenvalue weighted by Crippen LogP contribution is -2.17. The van der Waals surface area contributed by atoms with Gasteiger partial charge in [-0.3, -0.25) is 4.68 Å². The van der Waals surface area contributed by atoms with E-state index in [1.165, 1.54) is 4.88 Å². The van der Waals surface area contributed by atoms with Crippen LogP contribution in [0.25, 0.3) is 10.6 Å². The van der Waals surface area contributed by atoms with Gasteiger partial charge in [-0.25, -0.2) is 4.98 Å². The first-order valence-corrected chi connectivity index (χ1v) is 8.31. The Labute approximate surface area is 131 Å². The molecular formula is C16H26N4S. The van der Waals surface area contributed by atoms with E-state index < -0.39 is 0 Å². The number of aryl methyl sites for hydroxylation is 2. The summed E-state index contributed by atoms with van der Waals surface area (Å²) < 4.78 is 1.89. The van der Waals surface area contributed by atoms with Crippen LogP contribution in [0.15, 0.2) is 6.20 Å². The van der Waals surface area contributed by atoms with Crippen molar-refractivity contribution in [1.29, 1.82) is 0 Å². The Hall–Kier alpha value is -1.20. The third-order valence-electron chi connectivity index (χ3n) is 3.51. The molecule has 0 spiro atoms. The third kappa shape index (κ3) is 3.35. The average Bonchev–Trinajstić information content (AvgIpc) is 2.92. The van der Waals surface area contributed by atoms with Crippen LogP contribution in [0.4, 0.5) is 0 Å². The number of nitrogens with one attached hydrogen (secondary N) is 1. The van der Waals surface area contributed by atoms with Crippen molar-refractivity contribution >= 4 is 11.3 Å². The lowest BCUT2D eigenvalue weighted by atomic mass is 9.90. The summed E-state index contributed by atoms with van der Waals surface area (Å²) in [6, 6.07) is 0.344. The van der Waals surface area contributed by atoms with E-state index >= 15 is 0 Å². The summed E-state index contributed by atoms with van der Waals surface area (Å²) in [6.45, 7) is 14.0. The van der Waals surface area contributed by atoms with Gasteiger partial charge in [0.2, 0.25) is 0 Å². The monoisotopic (exact) mass is 306 g/mol. The molecule has 116 valence electrons. The molecule has 0 aromatic carbocycles. The van der Waals surface area contributed by atoms with E-state index in [1.807, 2.05) is 11.7 Å². The minimum Gasteiger partial charge on any atom is -0.310 e. The standard InChI is InChI=1S/C16H26N4S/c1-8-17-10(2)13-11(3)18-15(21-13)12-9-20(7)19-14(12)16(4,5)6/h9-10,17H,8H2,1-7H3. The highest BCUT2D eigenvalue weighted by Crippen LogP contribution is 2.36. The molecule has 1 atom stereocenters. The summed E-state index contributed by atoms with van der Waals surface area (Å²) in [7, 11) is 1.97. The SMILES string of the molecule is CCNC(C)c1sc(-c2cn(C)nc2C(C)(C)C)nc1C. The van der Waals surface area contributed by atoms with Gasteiger partial charge in [-0.2, -0.15) is 5.10 Å². The maximum atomic E-state index is 4.80. The first kappa shape index (κ1) is 16.2. The molecule has 2 aromatic heterocycles. The normalized spacial score (nSPS) is 13.7. The molecule has 0 fully saturated rings. The van der Waals surface area contributed by atoms with Gasteiger partial charge in [-0.05, 0) is 20.4 Å². The van der Waals surface area contributed by atoms with Crippen LogP contribution in [0.5, 0.6) is 0 Å². The van der Waals surface area contributed by atoms with Gasteiger partial charge < -0.3 is 5.32 Å². The van der Waals surface area contributed by atoms with Crippen molar-refractivity contribution in [3.05, 3.63) is 22.5 Å². The molecule has 0 aliphatic heterocycles. The maximum Gasteiger partial charge on any atom is 0.127 e. The number of aromatic nitrogens is 3.